The molecule has 0 heterocycles. The van der Waals surface area contributed by atoms with Gasteiger partial charge in [0.1, 0.15) is 11.5 Å². The highest BCUT2D eigenvalue weighted by Gasteiger charge is 2.31. The maximum atomic E-state index is 12.4. The van der Waals surface area contributed by atoms with Crippen LogP contribution in [0.3, 0.4) is 0 Å². The molecule has 1 aromatic rings. The van der Waals surface area contributed by atoms with E-state index in [0.29, 0.717) is 0 Å². The molecule has 1 saturated carbocycles. The van der Waals surface area contributed by atoms with Crippen molar-refractivity contribution < 1.29 is 22.7 Å². The molecule has 1 aliphatic carbocycles. The molecular formula is C22H31F3O2. The molecule has 1 aromatic carbocycles. The summed E-state index contributed by atoms with van der Waals surface area (Å²) in [7, 11) is 0. The molecule has 0 bridgehead atoms. The van der Waals surface area contributed by atoms with E-state index >= 15 is 0 Å². The van der Waals surface area contributed by atoms with Crippen molar-refractivity contribution in [3.8, 4) is 5.75 Å². The average Bonchev–Trinajstić information content (AvgIpc) is 2.61. The van der Waals surface area contributed by atoms with Gasteiger partial charge in [-0.15, -0.1) is 13.2 Å². The van der Waals surface area contributed by atoms with Crippen LogP contribution in [0.25, 0.3) is 0 Å². The van der Waals surface area contributed by atoms with Crippen LogP contribution in [0.1, 0.15) is 70.8 Å². The predicted molar refractivity (Wildman–Crippen MR) is 101 cm³/mol. The number of alkyl halides is 3. The monoisotopic (exact) mass is 384 g/mol. The van der Waals surface area contributed by atoms with Crippen LogP contribution in [0.15, 0.2) is 24.3 Å². The Labute approximate surface area is 160 Å². The lowest BCUT2D eigenvalue weighted by Gasteiger charge is -2.28. The summed E-state index contributed by atoms with van der Waals surface area (Å²) >= 11 is 0. The second kappa shape index (κ2) is 10.1. The molecule has 0 saturated heterocycles. The van der Waals surface area contributed by atoms with Crippen LogP contribution in [0, 0.1) is 17.8 Å². The minimum atomic E-state index is -4.69. The van der Waals surface area contributed by atoms with Crippen molar-refractivity contribution in [3.63, 3.8) is 0 Å². The number of Topliss-reactive ketones (excluding diaryl/α,β-unsaturated/α-hetero) is 1. The van der Waals surface area contributed by atoms with Gasteiger partial charge in [-0.05, 0) is 42.4 Å². The zero-order valence-corrected chi connectivity index (χ0v) is 16.4. The minimum Gasteiger partial charge on any atom is -0.406 e. The van der Waals surface area contributed by atoms with Gasteiger partial charge in [-0.3, -0.25) is 4.79 Å². The first-order valence-electron chi connectivity index (χ1n) is 10.1. The van der Waals surface area contributed by atoms with Crippen LogP contribution < -0.4 is 4.74 Å². The standard InChI is InChI=1S/C22H31F3O2/c1-3-4-17-7-9-18(10-8-17)6-5-16(2)21(26)15-19-11-13-20(14-12-19)27-22(23,24)25/h11-14,16-18H,3-10,15H2,1-2H3. The van der Waals surface area contributed by atoms with Crippen molar-refractivity contribution in [3.05, 3.63) is 29.8 Å². The molecule has 0 aliphatic heterocycles. The molecule has 0 spiro atoms. The quantitative estimate of drug-likeness (QED) is 0.472. The summed E-state index contributed by atoms with van der Waals surface area (Å²) in [5.41, 5.74) is 0.724. The van der Waals surface area contributed by atoms with Crippen molar-refractivity contribution in [1.82, 2.24) is 0 Å². The van der Waals surface area contributed by atoms with E-state index in [9.17, 15) is 18.0 Å². The predicted octanol–water partition coefficient (Wildman–Crippen LogP) is 6.72. The van der Waals surface area contributed by atoms with Crippen molar-refractivity contribution in [2.45, 2.75) is 78.0 Å². The summed E-state index contributed by atoms with van der Waals surface area (Å²) in [4.78, 5) is 12.4. The Morgan fingerprint density at radius 1 is 1.07 bits per heavy atom. The van der Waals surface area contributed by atoms with E-state index in [1.807, 2.05) is 6.92 Å². The number of ether oxygens (including phenoxy) is 1. The molecule has 0 radical (unpaired) electrons. The molecule has 0 aromatic heterocycles. The third-order valence-electron chi connectivity index (χ3n) is 5.76. The number of hydrogen-bond donors (Lipinski definition) is 0. The highest BCUT2D eigenvalue weighted by molar-refractivity contribution is 5.82. The lowest BCUT2D eigenvalue weighted by atomic mass is 9.77. The third kappa shape index (κ3) is 7.94. The van der Waals surface area contributed by atoms with E-state index in [0.717, 1.165) is 30.2 Å². The molecule has 1 fully saturated rings. The fourth-order valence-electron chi connectivity index (χ4n) is 4.05. The lowest BCUT2D eigenvalue weighted by Crippen LogP contribution is -2.18. The summed E-state index contributed by atoms with van der Waals surface area (Å²) in [6, 6.07) is 5.58. The van der Waals surface area contributed by atoms with Crippen LogP contribution in [-0.2, 0) is 11.2 Å². The Morgan fingerprint density at radius 3 is 2.15 bits per heavy atom. The van der Waals surface area contributed by atoms with E-state index in [1.54, 1.807) is 0 Å². The normalized spacial score (nSPS) is 21.7. The van der Waals surface area contributed by atoms with Crippen molar-refractivity contribution in [1.29, 1.82) is 0 Å². The molecule has 152 valence electrons. The molecule has 1 aliphatic rings. The summed E-state index contributed by atoms with van der Waals surface area (Å²) in [5, 5.41) is 0. The zero-order chi connectivity index (χ0) is 19.9. The van der Waals surface area contributed by atoms with E-state index in [1.165, 1.54) is 62.8 Å². The number of ketones is 1. The van der Waals surface area contributed by atoms with Crippen LogP contribution in [0.2, 0.25) is 0 Å². The SMILES string of the molecule is CCCC1CCC(CCC(C)C(=O)Cc2ccc(OC(F)(F)F)cc2)CC1. The van der Waals surface area contributed by atoms with Gasteiger partial charge in [0.25, 0.3) is 0 Å². The summed E-state index contributed by atoms with van der Waals surface area (Å²) in [6.45, 7) is 4.21. The Balaban J connectivity index is 1.72. The van der Waals surface area contributed by atoms with Crippen LogP contribution in [0.5, 0.6) is 5.75 Å². The van der Waals surface area contributed by atoms with Crippen LogP contribution >= 0.6 is 0 Å². The molecule has 0 N–H and O–H groups in total. The maximum Gasteiger partial charge on any atom is 0.573 e. The van der Waals surface area contributed by atoms with Gasteiger partial charge >= 0.3 is 6.36 Å². The average molecular weight is 384 g/mol. The first kappa shape index (κ1) is 21.8. The first-order chi connectivity index (χ1) is 12.8. The Bertz CT molecular complexity index is 572. The van der Waals surface area contributed by atoms with Gasteiger partial charge in [0.05, 0.1) is 0 Å². The van der Waals surface area contributed by atoms with E-state index in [2.05, 4.69) is 11.7 Å². The van der Waals surface area contributed by atoms with Crippen LogP contribution in [-0.4, -0.2) is 12.1 Å². The number of hydrogen-bond acceptors (Lipinski definition) is 2. The molecule has 27 heavy (non-hydrogen) atoms. The van der Waals surface area contributed by atoms with E-state index in [-0.39, 0.29) is 23.9 Å². The summed E-state index contributed by atoms with van der Waals surface area (Å²) in [6.07, 6.45) is 5.40. The molecule has 5 heteroatoms. The summed E-state index contributed by atoms with van der Waals surface area (Å²) in [5.74, 6) is 1.52. The highest BCUT2D eigenvalue weighted by Crippen LogP contribution is 2.34. The van der Waals surface area contributed by atoms with Gasteiger partial charge in [-0.2, -0.15) is 0 Å². The smallest absolute Gasteiger partial charge is 0.406 e. The van der Waals surface area contributed by atoms with E-state index < -0.39 is 6.36 Å². The number of rotatable bonds is 9. The number of halogens is 3. The second-order valence-electron chi connectivity index (χ2n) is 7.99. The van der Waals surface area contributed by atoms with Crippen molar-refractivity contribution in [2.24, 2.45) is 17.8 Å². The second-order valence-corrected chi connectivity index (χ2v) is 7.99. The van der Waals surface area contributed by atoms with Gasteiger partial charge in [0, 0.05) is 12.3 Å². The number of carbonyl (C=O) groups is 1. The number of benzene rings is 1. The van der Waals surface area contributed by atoms with Crippen molar-refractivity contribution >= 4 is 5.78 Å². The molecule has 2 rings (SSSR count). The number of carbonyl (C=O) groups excluding carboxylic acids is 1. The molecule has 2 nitrogen and oxygen atoms in total. The van der Waals surface area contributed by atoms with Gasteiger partial charge < -0.3 is 4.74 Å². The Hall–Kier alpha value is -1.52. The zero-order valence-electron chi connectivity index (χ0n) is 16.4. The highest BCUT2D eigenvalue weighted by atomic mass is 19.4. The molecule has 1 atom stereocenters. The summed E-state index contributed by atoms with van der Waals surface area (Å²) < 4.78 is 40.4. The van der Waals surface area contributed by atoms with Crippen LogP contribution in [0.4, 0.5) is 13.2 Å². The fourth-order valence-corrected chi connectivity index (χ4v) is 4.05. The largest absolute Gasteiger partial charge is 0.573 e. The van der Waals surface area contributed by atoms with Gasteiger partial charge in [-0.25, -0.2) is 0 Å². The molecule has 1 unspecified atom stereocenters. The minimum absolute atomic E-state index is 0.00975. The molecular weight excluding hydrogens is 353 g/mol. The first-order valence-corrected chi connectivity index (χ1v) is 10.1. The Kier molecular flexibility index (Phi) is 8.18. The maximum absolute atomic E-state index is 12.4. The third-order valence-corrected chi connectivity index (χ3v) is 5.76. The van der Waals surface area contributed by atoms with Gasteiger partial charge in [-0.1, -0.05) is 64.5 Å². The topological polar surface area (TPSA) is 26.3 Å². The lowest BCUT2D eigenvalue weighted by molar-refractivity contribution is -0.274. The van der Waals surface area contributed by atoms with Crippen molar-refractivity contribution in [2.75, 3.05) is 0 Å². The molecule has 0 amide bonds. The van der Waals surface area contributed by atoms with Gasteiger partial charge in [0.15, 0.2) is 0 Å². The fraction of sp³-hybridized carbons (Fsp3) is 0.682. The van der Waals surface area contributed by atoms with E-state index in [4.69, 9.17) is 0 Å². The van der Waals surface area contributed by atoms with Gasteiger partial charge in [0.2, 0.25) is 0 Å². The Morgan fingerprint density at radius 2 is 1.63 bits per heavy atom.